The zero-order chi connectivity index (χ0) is 20.9. The summed E-state index contributed by atoms with van der Waals surface area (Å²) in [6, 6.07) is 4.18. The Kier molecular flexibility index (Phi) is 8.95. The van der Waals surface area contributed by atoms with E-state index in [4.69, 9.17) is 9.47 Å². The third-order valence-electron chi connectivity index (χ3n) is 4.72. The second kappa shape index (κ2) is 11.0. The monoisotopic (exact) mass is 532 g/mol. The van der Waals surface area contributed by atoms with Gasteiger partial charge in [-0.15, -0.1) is 24.0 Å². The molecule has 10 heteroatoms. The number of rotatable bonds is 4. The fourth-order valence-electron chi connectivity index (χ4n) is 3.24. The molecule has 0 radical (unpaired) electrons. The molecule has 1 aromatic rings. The van der Waals surface area contributed by atoms with Gasteiger partial charge < -0.3 is 29.9 Å². The van der Waals surface area contributed by atoms with Crippen LogP contribution in [0.2, 0.25) is 0 Å². The number of nitrogens with zero attached hydrogens (tertiary/aromatic N) is 4. The fourth-order valence-corrected chi connectivity index (χ4v) is 3.24. The summed E-state index contributed by atoms with van der Waals surface area (Å²) in [7, 11) is 1.74. The number of amides is 1. The number of carbonyl (C=O) groups is 1. The van der Waals surface area contributed by atoms with E-state index in [2.05, 4.69) is 31.6 Å². The smallest absolute Gasteiger partial charge is 0.410 e. The molecule has 3 heterocycles. The molecular weight excluding hydrogens is 499 g/mol. The normalized spacial score (nSPS) is 17.7. The minimum absolute atomic E-state index is 0. The maximum Gasteiger partial charge on any atom is 0.410 e. The quantitative estimate of drug-likeness (QED) is 0.348. The molecule has 30 heavy (non-hydrogen) atoms. The average molecular weight is 532 g/mol. The molecule has 9 nitrogen and oxygen atoms in total. The number of hydrogen-bond donors (Lipinski definition) is 2. The molecular formula is C20H33IN6O3. The third-order valence-corrected chi connectivity index (χ3v) is 4.72. The highest BCUT2D eigenvalue weighted by molar-refractivity contribution is 14.0. The Balaban J connectivity index is 0.00000320. The van der Waals surface area contributed by atoms with Crippen molar-refractivity contribution in [3.63, 3.8) is 0 Å². The van der Waals surface area contributed by atoms with Crippen molar-refractivity contribution < 1.29 is 14.3 Å². The van der Waals surface area contributed by atoms with Crippen LogP contribution in [0.5, 0.6) is 0 Å². The Hall–Kier alpha value is -1.82. The van der Waals surface area contributed by atoms with Gasteiger partial charge in [0.1, 0.15) is 11.4 Å². The van der Waals surface area contributed by atoms with Crippen LogP contribution in [0.1, 0.15) is 26.3 Å². The number of aromatic nitrogens is 1. The van der Waals surface area contributed by atoms with E-state index in [0.717, 1.165) is 37.7 Å². The summed E-state index contributed by atoms with van der Waals surface area (Å²) in [4.78, 5) is 24.9. The number of likely N-dealkylation sites (tertiary alicyclic amines) is 1. The Morgan fingerprint density at radius 3 is 2.67 bits per heavy atom. The van der Waals surface area contributed by atoms with Crippen molar-refractivity contribution in [2.45, 2.75) is 39.0 Å². The topological polar surface area (TPSA) is 91.3 Å². The lowest BCUT2D eigenvalue weighted by Crippen LogP contribution is -2.63. The molecule has 2 fully saturated rings. The average Bonchev–Trinajstić information content (AvgIpc) is 2.66. The van der Waals surface area contributed by atoms with Gasteiger partial charge in [0.15, 0.2) is 5.96 Å². The summed E-state index contributed by atoms with van der Waals surface area (Å²) in [5, 5.41) is 6.71. The van der Waals surface area contributed by atoms with E-state index in [9.17, 15) is 4.79 Å². The lowest BCUT2D eigenvalue weighted by atomic mass is 10.1. The maximum absolute atomic E-state index is 12.0. The number of halogens is 1. The van der Waals surface area contributed by atoms with Gasteiger partial charge in [0, 0.05) is 51.5 Å². The Morgan fingerprint density at radius 2 is 2.03 bits per heavy atom. The zero-order valence-corrected chi connectivity index (χ0v) is 20.5. The summed E-state index contributed by atoms with van der Waals surface area (Å²) in [5.41, 5.74) is 0.635. The van der Waals surface area contributed by atoms with Gasteiger partial charge in [-0.2, -0.15) is 0 Å². The molecule has 168 valence electrons. The number of morpholine rings is 1. The summed E-state index contributed by atoms with van der Waals surface area (Å²) in [6.07, 6.45) is 1.55. The highest BCUT2D eigenvalue weighted by Gasteiger charge is 2.34. The molecule has 2 N–H and O–H groups in total. The van der Waals surface area contributed by atoms with E-state index in [-0.39, 0.29) is 36.1 Å². The maximum atomic E-state index is 12.0. The molecule has 1 aromatic heterocycles. The fraction of sp³-hybridized carbons (Fsp3) is 0.650. The molecule has 0 aliphatic carbocycles. The molecule has 2 aliphatic heterocycles. The van der Waals surface area contributed by atoms with E-state index in [0.29, 0.717) is 25.6 Å². The molecule has 1 amide bonds. The van der Waals surface area contributed by atoms with Gasteiger partial charge in [0.25, 0.3) is 0 Å². The van der Waals surface area contributed by atoms with Gasteiger partial charge in [-0.25, -0.2) is 9.78 Å². The van der Waals surface area contributed by atoms with Gasteiger partial charge in [-0.1, -0.05) is 6.07 Å². The lowest BCUT2D eigenvalue weighted by molar-refractivity contribution is 0.00701. The first-order valence-corrected chi connectivity index (χ1v) is 10.1. The van der Waals surface area contributed by atoms with Crippen LogP contribution < -0.4 is 15.5 Å². The molecule has 2 aliphatic rings. The SMILES string of the molecule is CN=C(NCc1cccnc1N1CCOCC1)NC1CN(C(=O)OC(C)(C)C)C1.I. The number of anilines is 1. The van der Waals surface area contributed by atoms with E-state index in [1.54, 1.807) is 11.9 Å². The van der Waals surface area contributed by atoms with Crippen molar-refractivity contribution in [1.29, 1.82) is 0 Å². The first-order valence-electron chi connectivity index (χ1n) is 10.1. The third kappa shape index (κ3) is 6.86. The van der Waals surface area contributed by atoms with Gasteiger partial charge in [0.2, 0.25) is 0 Å². The number of ether oxygens (including phenoxy) is 2. The van der Waals surface area contributed by atoms with Crippen molar-refractivity contribution in [2.24, 2.45) is 4.99 Å². The van der Waals surface area contributed by atoms with Gasteiger partial charge >= 0.3 is 6.09 Å². The van der Waals surface area contributed by atoms with Crippen LogP contribution in [0.25, 0.3) is 0 Å². The highest BCUT2D eigenvalue weighted by atomic mass is 127. The lowest BCUT2D eigenvalue weighted by Gasteiger charge is -2.40. The second-order valence-corrected chi connectivity index (χ2v) is 8.24. The van der Waals surface area contributed by atoms with Gasteiger partial charge in [0.05, 0.1) is 19.3 Å². The Labute approximate surface area is 195 Å². The van der Waals surface area contributed by atoms with E-state index in [1.165, 1.54) is 0 Å². The van der Waals surface area contributed by atoms with E-state index in [1.807, 2.05) is 33.0 Å². The van der Waals surface area contributed by atoms with Crippen LogP contribution in [0.15, 0.2) is 23.3 Å². The summed E-state index contributed by atoms with van der Waals surface area (Å²) in [6.45, 7) is 10.6. The van der Waals surface area contributed by atoms with Crippen molar-refractivity contribution in [3.05, 3.63) is 23.9 Å². The van der Waals surface area contributed by atoms with Crippen molar-refractivity contribution in [2.75, 3.05) is 51.3 Å². The molecule has 0 saturated carbocycles. The van der Waals surface area contributed by atoms with Crippen LogP contribution in [0.4, 0.5) is 10.6 Å². The number of hydrogen-bond acceptors (Lipinski definition) is 6. The first-order chi connectivity index (χ1) is 13.9. The van der Waals surface area contributed by atoms with Crippen molar-refractivity contribution in [3.8, 4) is 0 Å². The number of pyridine rings is 1. The molecule has 3 rings (SSSR count). The molecule has 0 unspecified atom stereocenters. The molecule has 0 bridgehead atoms. The predicted octanol–water partition coefficient (Wildman–Crippen LogP) is 1.82. The van der Waals surface area contributed by atoms with Crippen molar-refractivity contribution >= 4 is 41.8 Å². The minimum atomic E-state index is -0.477. The van der Waals surface area contributed by atoms with E-state index >= 15 is 0 Å². The van der Waals surface area contributed by atoms with Gasteiger partial charge in [-0.3, -0.25) is 4.99 Å². The summed E-state index contributed by atoms with van der Waals surface area (Å²) < 4.78 is 10.8. The minimum Gasteiger partial charge on any atom is -0.444 e. The Bertz CT molecular complexity index is 727. The van der Waals surface area contributed by atoms with Crippen LogP contribution in [0.3, 0.4) is 0 Å². The molecule has 0 spiro atoms. The largest absolute Gasteiger partial charge is 0.444 e. The van der Waals surface area contributed by atoms with E-state index < -0.39 is 5.60 Å². The van der Waals surface area contributed by atoms with Gasteiger partial charge in [-0.05, 0) is 26.8 Å². The Morgan fingerprint density at radius 1 is 1.33 bits per heavy atom. The number of guanidine groups is 1. The summed E-state index contributed by atoms with van der Waals surface area (Å²) >= 11 is 0. The van der Waals surface area contributed by atoms with Crippen molar-refractivity contribution in [1.82, 2.24) is 20.5 Å². The number of carbonyl (C=O) groups excluding carboxylic acids is 1. The van der Waals surface area contributed by atoms with Crippen LogP contribution in [-0.2, 0) is 16.0 Å². The highest BCUT2D eigenvalue weighted by Crippen LogP contribution is 2.18. The molecule has 0 aromatic carbocycles. The summed E-state index contributed by atoms with van der Waals surface area (Å²) in [5.74, 6) is 1.69. The van der Waals surface area contributed by atoms with Crippen LogP contribution in [0, 0.1) is 0 Å². The first kappa shape index (κ1) is 24.4. The molecule has 0 atom stereocenters. The predicted molar refractivity (Wildman–Crippen MR) is 128 cm³/mol. The second-order valence-electron chi connectivity index (χ2n) is 8.24. The van der Waals surface area contributed by atoms with Crippen LogP contribution in [-0.4, -0.2) is 80.0 Å². The number of aliphatic imine (C=N–C) groups is 1. The standard InChI is InChI=1S/C20H32N6O3.HI/c1-20(2,3)29-19(27)26-13-16(14-26)24-18(21-4)23-12-15-6-5-7-22-17(15)25-8-10-28-11-9-25;/h5-7,16H,8-14H2,1-4H3,(H2,21,23,24);1H. The van der Waals surface area contributed by atoms with Crippen LogP contribution >= 0.6 is 24.0 Å². The zero-order valence-electron chi connectivity index (χ0n) is 18.2. The molecule has 2 saturated heterocycles. The number of nitrogens with one attached hydrogen (secondary N) is 2.